The van der Waals surface area contributed by atoms with Crippen molar-refractivity contribution in [2.24, 2.45) is 4.99 Å². The first-order valence-corrected chi connectivity index (χ1v) is 13.9. The number of rotatable bonds is 5. The molecule has 40 heavy (non-hydrogen) atoms. The number of benzene rings is 3. The molecule has 1 N–H and O–H groups in total. The Bertz CT molecular complexity index is 1750. The molecule has 0 saturated carbocycles. The lowest BCUT2D eigenvalue weighted by Crippen LogP contribution is -2.40. The van der Waals surface area contributed by atoms with E-state index in [1.807, 2.05) is 48.5 Å². The summed E-state index contributed by atoms with van der Waals surface area (Å²) in [7, 11) is 0. The number of allylic oxidation sites excluding steroid dienone is 1. The second-order valence-corrected chi connectivity index (χ2v) is 10.7. The van der Waals surface area contributed by atoms with Crippen molar-refractivity contribution in [3.8, 4) is 0 Å². The molecule has 9 heteroatoms. The first-order valence-electron chi connectivity index (χ1n) is 13.0. The minimum absolute atomic E-state index is 0.257. The Kier molecular flexibility index (Phi) is 7.15. The summed E-state index contributed by atoms with van der Waals surface area (Å²) < 4.78 is 21.3. The molecule has 2 aliphatic heterocycles. The smallest absolute Gasteiger partial charge is 0.271 e. The Morgan fingerprint density at radius 1 is 1.02 bits per heavy atom. The number of halogens is 1. The standard InChI is InChI=1S/C31H27FN4O3S/c1-20-27(29(37)34-24-5-3-2-4-6-24)28(22-9-11-23(32)12-10-22)36-30(38)26(40-31(36)33-20)19-21-7-13-25(14-8-21)35-15-17-39-18-16-35/h2-14,19,28H,15-18H2,1H3,(H,34,37)/b26-19+/t28-/m0/s1. The number of aromatic nitrogens is 1. The third-order valence-corrected chi connectivity index (χ3v) is 8.03. The van der Waals surface area contributed by atoms with Crippen LogP contribution in [0.3, 0.4) is 0 Å². The fraction of sp³-hybridized carbons (Fsp3) is 0.194. The van der Waals surface area contributed by atoms with Gasteiger partial charge in [-0.2, -0.15) is 0 Å². The number of nitrogens with zero attached hydrogens (tertiary/aromatic N) is 3. The largest absolute Gasteiger partial charge is 0.378 e. The van der Waals surface area contributed by atoms with Gasteiger partial charge in [0, 0.05) is 24.5 Å². The van der Waals surface area contributed by atoms with Crippen molar-refractivity contribution in [3.63, 3.8) is 0 Å². The highest BCUT2D eigenvalue weighted by Gasteiger charge is 2.32. The molecule has 1 fully saturated rings. The van der Waals surface area contributed by atoms with Gasteiger partial charge in [0.15, 0.2) is 4.80 Å². The number of morpholine rings is 1. The molecule has 2 aliphatic rings. The minimum Gasteiger partial charge on any atom is -0.378 e. The molecule has 202 valence electrons. The Hall–Kier alpha value is -4.34. The summed E-state index contributed by atoms with van der Waals surface area (Å²) in [6.07, 6.45) is 1.84. The average Bonchev–Trinajstić information content (AvgIpc) is 3.28. The van der Waals surface area contributed by atoms with Crippen LogP contribution in [0.15, 0.2) is 99.9 Å². The van der Waals surface area contributed by atoms with Crippen LogP contribution in [0.2, 0.25) is 0 Å². The van der Waals surface area contributed by atoms with Crippen molar-refractivity contribution in [2.45, 2.75) is 13.0 Å². The van der Waals surface area contributed by atoms with E-state index in [1.165, 1.54) is 23.5 Å². The van der Waals surface area contributed by atoms with Crippen LogP contribution in [0.25, 0.3) is 6.08 Å². The summed E-state index contributed by atoms with van der Waals surface area (Å²) in [6.45, 7) is 4.88. The van der Waals surface area contributed by atoms with Crippen LogP contribution in [0.5, 0.6) is 0 Å². The lowest BCUT2D eigenvalue weighted by atomic mass is 9.95. The van der Waals surface area contributed by atoms with Crippen molar-refractivity contribution in [2.75, 3.05) is 36.5 Å². The molecule has 0 spiro atoms. The topological polar surface area (TPSA) is 75.9 Å². The zero-order valence-corrected chi connectivity index (χ0v) is 22.7. The summed E-state index contributed by atoms with van der Waals surface area (Å²) in [4.78, 5) is 34.9. The van der Waals surface area contributed by atoms with Crippen LogP contribution < -0.4 is 25.1 Å². The molecule has 7 nitrogen and oxygen atoms in total. The van der Waals surface area contributed by atoms with Gasteiger partial charge in [0.2, 0.25) is 0 Å². The fourth-order valence-electron chi connectivity index (χ4n) is 5.05. The van der Waals surface area contributed by atoms with Gasteiger partial charge >= 0.3 is 0 Å². The van der Waals surface area contributed by atoms with Crippen molar-refractivity contribution in [1.82, 2.24) is 4.57 Å². The predicted molar refractivity (Wildman–Crippen MR) is 155 cm³/mol. The molecule has 1 aromatic heterocycles. The minimum atomic E-state index is -0.758. The summed E-state index contributed by atoms with van der Waals surface area (Å²) >= 11 is 1.27. The summed E-state index contributed by atoms with van der Waals surface area (Å²) in [5.41, 5.74) is 3.84. The predicted octanol–water partition coefficient (Wildman–Crippen LogP) is 3.85. The maximum absolute atomic E-state index is 13.9. The second-order valence-electron chi connectivity index (χ2n) is 9.64. The zero-order valence-electron chi connectivity index (χ0n) is 21.8. The number of hydrogen-bond donors (Lipinski definition) is 1. The normalized spacial score (nSPS) is 17.4. The Morgan fingerprint density at radius 2 is 1.73 bits per heavy atom. The molecule has 0 aliphatic carbocycles. The number of anilines is 2. The van der Waals surface area contributed by atoms with Crippen LogP contribution in [-0.2, 0) is 9.53 Å². The lowest BCUT2D eigenvalue weighted by molar-refractivity contribution is -0.113. The molecular formula is C31H27FN4O3S. The Labute approximate surface area is 234 Å². The molecule has 0 radical (unpaired) electrons. The molecule has 1 saturated heterocycles. The van der Waals surface area contributed by atoms with Crippen molar-refractivity contribution in [1.29, 1.82) is 0 Å². The van der Waals surface area contributed by atoms with E-state index in [0.29, 0.717) is 45.1 Å². The van der Waals surface area contributed by atoms with E-state index in [1.54, 1.807) is 35.8 Å². The van der Waals surface area contributed by atoms with Gasteiger partial charge in [-0.3, -0.25) is 14.2 Å². The highest BCUT2D eigenvalue weighted by Crippen LogP contribution is 2.31. The maximum atomic E-state index is 13.9. The second kappa shape index (κ2) is 11.0. The van der Waals surface area contributed by atoms with E-state index in [-0.39, 0.29) is 11.5 Å². The third-order valence-electron chi connectivity index (χ3n) is 7.05. The fourth-order valence-corrected chi connectivity index (χ4v) is 6.09. The quantitative estimate of drug-likeness (QED) is 0.407. The Morgan fingerprint density at radius 3 is 2.42 bits per heavy atom. The number of nitrogens with one attached hydrogen (secondary N) is 1. The van der Waals surface area contributed by atoms with Crippen molar-refractivity contribution >= 4 is 34.7 Å². The van der Waals surface area contributed by atoms with Gasteiger partial charge in [0.25, 0.3) is 11.5 Å². The number of ether oxygens (including phenoxy) is 1. The summed E-state index contributed by atoms with van der Waals surface area (Å²) in [6, 6.07) is 22.3. The maximum Gasteiger partial charge on any atom is 0.271 e. The molecule has 1 amide bonds. The van der Waals surface area contributed by atoms with Crippen molar-refractivity contribution < 1.29 is 13.9 Å². The molecule has 0 unspecified atom stereocenters. The highest BCUT2D eigenvalue weighted by atomic mass is 32.1. The molecular weight excluding hydrogens is 527 g/mol. The molecule has 4 aromatic rings. The van der Waals surface area contributed by atoms with E-state index < -0.39 is 11.9 Å². The number of thiazole rings is 1. The monoisotopic (exact) mass is 554 g/mol. The first kappa shape index (κ1) is 25.9. The molecule has 3 aromatic carbocycles. The molecule has 1 atom stereocenters. The number of carbonyl (C=O) groups is 1. The zero-order chi connectivity index (χ0) is 27.6. The van der Waals surface area contributed by atoms with E-state index in [4.69, 9.17) is 4.74 Å². The summed E-state index contributed by atoms with van der Waals surface area (Å²) in [5.74, 6) is -0.762. The van der Waals surface area contributed by atoms with Crippen LogP contribution >= 0.6 is 11.3 Å². The van der Waals surface area contributed by atoms with Gasteiger partial charge in [-0.05, 0) is 60.5 Å². The molecule has 6 rings (SSSR count). The first-order chi connectivity index (χ1) is 19.5. The van der Waals surface area contributed by atoms with E-state index in [2.05, 4.69) is 15.2 Å². The van der Waals surface area contributed by atoms with Crippen molar-refractivity contribution in [3.05, 3.63) is 127 Å². The number of para-hydroxylation sites is 1. The molecule has 3 heterocycles. The van der Waals surface area contributed by atoms with Crippen LogP contribution in [0.1, 0.15) is 24.1 Å². The number of fused-ring (bicyclic) bond motifs is 1. The highest BCUT2D eigenvalue weighted by molar-refractivity contribution is 7.07. The number of amides is 1. The third kappa shape index (κ3) is 5.13. The van der Waals surface area contributed by atoms with Gasteiger partial charge < -0.3 is 15.0 Å². The van der Waals surface area contributed by atoms with Crippen LogP contribution in [0.4, 0.5) is 15.8 Å². The van der Waals surface area contributed by atoms with E-state index in [9.17, 15) is 14.0 Å². The SMILES string of the molecule is CC1=C(C(=O)Nc2ccccc2)[C@H](c2ccc(F)cc2)n2c(s/c(=C/c3ccc(N4CCOCC4)cc3)c2=O)=N1. The van der Waals surface area contributed by atoms with E-state index >= 15 is 0 Å². The number of carbonyl (C=O) groups excluding carboxylic acids is 1. The summed E-state index contributed by atoms with van der Waals surface area (Å²) in [5, 5.41) is 2.92. The van der Waals surface area contributed by atoms with Gasteiger partial charge in [-0.25, -0.2) is 9.38 Å². The van der Waals surface area contributed by atoms with Gasteiger partial charge in [-0.15, -0.1) is 0 Å². The van der Waals surface area contributed by atoms with Gasteiger partial charge in [0.1, 0.15) is 5.82 Å². The van der Waals surface area contributed by atoms with Gasteiger partial charge in [0.05, 0.1) is 35.1 Å². The lowest BCUT2D eigenvalue weighted by Gasteiger charge is -2.28. The average molecular weight is 555 g/mol. The van der Waals surface area contributed by atoms with Crippen LogP contribution in [0, 0.1) is 5.82 Å². The van der Waals surface area contributed by atoms with E-state index in [0.717, 1.165) is 24.3 Å². The van der Waals surface area contributed by atoms with Gasteiger partial charge in [-0.1, -0.05) is 53.8 Å². The Balaban J connectivity index is 1.41. The molecule has 0 bridgehead atoms. The number of hydrogen-bond acceptors (Lipinski definition) is 6. The van der Waals surface area contributed by atoms with Crippen LogP contribution in [-0.4, -0.2) is 36.8 Å².